The van der Waals surface area contributed by atoms with Crippen molar-refractivity contribution in [1.29, 1.82) is 5.41 Å². The number of hydrogen-bond donors (Lipinski definition) is 1. The summed E-state index contributed by atoms with van der Waals surface area (Å²) in [5, 5.41) is 15.2. The first-order valence-electron chi connectivity index (χ1n) is 14.3. The SMILES string of the molecule is CSc1ccnc(/C([NH-])=C/C(=N)C(F)(F)F)c1.O=CO/C=C/c1ccnc(-c2cc(/C=C/OC=O)cc(-c3cc(/C=C/OC=O)ccn3)n2)c1.[N-]=C=S.[Ru+2]. The van der Waals surface area contributed by atoms with E-state index in [0.29, 0.717) is 53.8 Å². The molecule has 54 heavy (non-hydrogen) atoms. The zero-order chi connectivity index (χ0) is 39.1. The number of thioether (sulfide) groups is 1. The van der Waals surface area contributed by atoms with Crippen molar-refractivity contribution >= 4 is 78.2 Å². The van der Waals surface area contributed by atoms with E-state index in [1.54, 1.807) is 73.1 Å². The van der Waals surface area contributed by atoms with Gasteiger partial charge in [0.25, 0.3) is 19.4 Å². The van der Waals surface area contributed by atoms with Gasteiger partial charge in [-0.05, 0) is 95.8 Å². The van der Waals surface area contributed by atoms with Crippen LogP contribution < -0.4 is 0 Å². The fourth-order valence-corrected chi connectivity index (χ4v) is 4.15. The van der Waals surface area contributed by atoms with Gasteiger partial charge in [-0.2, -0.15) is 18.3 Å². The molecule has 0 saturated heterocycles. The maximum absolute atomic E-state index is 12.1. The summed E-state index contributed by atoms with van der Waals surface area (Å²) in [5.41, 5.74) is 9.96. The minimum absolute atomic E-state index is 0. The summed E-state index contributed by atoms with van der Waals surface area (Å²) in [6.07, 6.45) is 10.8. The fraction of sp³-hybridized carbons (Fsp3) is 0.0571. The van der Waals surface area contributed by atoms with Gasteiger partial charge in [0.05, 0.1) is 41.6 Å². The van der Waals surface area contributed by atoms with Crippen LogP contribution in [-0.4, -0.2) is 62.7 Å². The quantitative estimate of drug-likeness (QED) is 0.0243. The van der Waals surface area contributed by atoms with E-state index in [2.05, 4.69) is 46.4 Å². The Morgan fingerprint density at radius 1 is 0.796 bits per heavy atom. The van der Waals surface area contributed by atoms with E-state index < -0.39 is 17.6 Å². The third-order valence-electron chi connectivity index (χ3n) is 5.96. The summed E-state index contributed by atoms with van der Waals surface area (Å²) in [6.45, 7) is 0.965. The number of pyridine rings is 4. The minimum Gasteiger partial charge on any atom is -0.753 e. The van der Waals surface area contributed by atoms with Crippen molar-refractivity contribution in [1.82, 2.24) is 19.9 Å². The van der Waals surface area contributed by atoms with Crippen molar-refractivity contribution in [3.63, 3.8) is 0 Å². The van der Waals surface area contributed by atoms with Crippen LogP contribution in [0.3, 0.4) is 0 Å². The molecule has 0 fully saturated rings. The molecule has 0 unspecified atom stereocenters. The van der Waals surface area contributed by atoms with E-state index in [1.807, 2.05) is 6.26 Å². The summed E-state index contributed by atoms with van der Waals surface area (Å²) in [7, 11) is 0. The number of isothiocyanates is 1. The third kappa shape index (κ3) is 16.6. The number of nitrogens with one attached hydrogen (secondary N) is 2. The van der Waals surface area contributed by atoms with Crippen LogP contribution in [0.2, 0.25) is 0 Å². The second kappa shape index (κ2) is 25.1. The zero-order valence-electron chi connectivity index (χ0n) is 27.6. The van der Waals surface area contributed by atoms with Crippen LogP contribution in [0.1, 0.15) is 22.4 Å². The van der Waals surface area contributed by atoms with E-state index in [1.165, 1.54) is 48.0 Å². The molecule has 0 aliphatic heterocycles. The number of ether oxygens (including phenoxy) is 3. The fourth-order valence-electron chi connectivity index (χ4n) is 3.73. The van der Waals surface area contributed by atoms with Crippen LogP contribution in [0.15, 0.2) is 96.9 Å². The maximum atomic E-state index is 12.1. The zero-order valence-corrected chi connectivity index (χ0v) is 31.0. The van der Waals surface area contributed by atoms with Gasteiger partial charge >= 0.3 is 25.7 Å². The molecule has 0 radical (unpaired) electrons. The monoisotopic (exact) mass is 863 g/mol. The number of thiocarbonyl (C=S) groups is 1. The van der Waals surface area contributed by atoms with Crippen LogP contribution in [0, 0.1) is 5.41 Å². The summed E-state index contributed by atoms with van der Waals surface area (Å²) < 4.78 is 50.1. The van der Waals surface area contributed by atoms with E-state index in [4.69, 9.17) is 16.6 Å². The smallest absolute Gasteiger partial charge is 0.753 e. The van der Waals surface area contributed by atoms with Gasteiger partial charge in [-0.3, -0.25) is 34.7 Å². The Labute approximate surface area is 329 Å². The largest absolute Gasteiger partial charge is 2.00 e. The molecule has 0 bridgehead atoms. The van der Waals surface area contributed by atoms with Crippen molar-refractivity contribution in [2.45, 2.75) is 11.1 Å². The number of aromatic nitrogens is 4. The predicted octanol–water partition coefficient (Wildman–Crippen LogP) is 8.07. The number of halogens is 3. The third-order valence-corrected chi connectivity index (χ3v) is 6.69. The first kappa shape index (κ1) is 46.0. The number of allylic oxidation sites excluding steroid dienone is 1. The first-order valence-corrected chi connectivity index (χ1v) is 16.0. The number of rotatable bonds is 14. The standard InChI is InChI=1S/C24H17N3O6.C10H9F3N3S.CNS.Ru/c28-15-31-8-3-18-1-6-25-21(11-18)23-13-20(5-10-33-17-30)14-24(27-23)22-12-19(2-7-26-22)4-9-32-16-29;1-17-6-2-3-16-8(4-6)7(14)5-9(15)10(11,12)13;2-1-3;/h1-17H;2-5,14-15H,1H3;;/q;2*-1;+2/b8-3+,9-4+,10-5+;7-5-,15-9?;;. The molecule has 0 atom stereocenters. The maximum Gasteiger partial charge on any atom is 2.00 e. The molecule has 4 rings (SSSR count). The van der Waals surface area contributed by atoms with Crippen LogP contribution in [0.5, 0.6) is 0 Å². The minimum atomic E-state index is -4.73. The van der Waals surface area contributed by atoms with Gasteiger partial charge < -0.3 is 25.4 Å². The van der Waals surface area contributed by atoms with E-state index >= 15 is 0 Å². The molecule has 0 aliphatic rings. The normalized spacial score (nSPS) is 10.9. The molecule has 13 nitrogen and oxygen atoms in total. The Kier molecular flexibility index (Phi) is 21.4. The van der Waals surface area contributed by atoms with Crippen LogP contribution in [0.25, 0.3) is 57.8 Å². The molecule has 278 valence electrons. The molecule has 4 heterocycles. The molecular weight excluding hydrogens is 837 g/mol. The number of alkyl halides is 3. The summed E-state index contributed by atoms with van der Waals surface area (Å²) in [4.78, 5) is 49.2. The van der Waals surface area contributed by atoms with Gasteiger partial charge in [-0.1, -0.05) is 12.2 Å². The molecule has 0 amide bonds. The molecule has 0 aromatic carbocycles. The average molecular weight is 863 g/mol. The Morgan fingerprint density at radius 3 is 1.65 bits per heavy atom. The number of hydrogen-bond acceptors (Lipinski definition) is 13. The van der Waals surface area contributed by atoms with Gasteiger partial charge in [-0.25, -0.2) is 4.98 Å². The number of nitrogens with zero attached hydrogens (tertiary/aromatic N) is 5. The molecule has 4 aromatic heterocycles. The van der Waals surface area contributed by atoms with E-state index in [0.717, 1.165) is 16.0 Å². The summed E-state index contributed by atoms with van der Waals surface area (Å²) in [6, 6.07) is 13.8. The second-order valence-electron chi connectivity index (χ2n) is 9.37. The van der Waals surface area contributed by atoms with Crippen molar-refractivity contribution in [3.8, 4) is 22.8 Å². The molecule has 0 aliphatic carbocycles. The van der Waals surface area contributed by atoms with Gasteiger partial charge in [0.15, 0.2) is 0 Å². The van der Waals surface area contributed by atoms with Gasteiger partial charge in [-0.15, -0.1) is 17.5 Å². The van der Waals surface area contributed by atoms with E-state index in [-0.39, 0.29) is 25.2 Å². The number of carbonyl (C=O) groups excluding carboxylic acids is 3. The molecule has 19 heteroatoms. The number of carbonyl (C=O) groups is 3. The van der Waals surface area contributed by atoms with Crippen molar-refractivity contribution in [2.75, 3.05) is 6.26 Å². The van der Waals surface area contributed by atoms with Gasteiger partial charge in [0.2, 0.25) is 0 Å². The molecule has 2 N–H and O–H groups in total. The van der Waals surface area contributed by atoms with E-state index in [9.17, 15) is 27.6 Å². The Hall–Kier alpha value is -6.00. The summed E-state index contributed by atoms with van der Waals surface area (Å²) in [5.74, 6) is 0. The van der Waals surface area contributed by atoms with Gasteiger partial charge in [0, 0.05) is 29.2 Å². The summed E-state index contributed by atoms with van der Waals surface area (Å²) >= 11 is 5.10. The van der Waals surface area contributed by atoms with Crippen molar-refractivity contribution in [2.24, 2.45) is 0 Å². The molecule has 0 spiro atoms. The Morgan fingerprint density at radius 2 is 1.22 bits per heavy atom. The van der Waals surface area contributed by atoms with Crippen LogP contribution in [-0.2, 0) is 48.1 Å². The predicted molar refractivity (Wildman–Crippen MR) is 197 cm³/mol. The second-order valence-corrected chi connectivity index (χ2v) is 10.4. The molecule has 4 aromatic rings. The average Bonchev–Trinajstić information content (AvgIpc) is 3.15. The Balaban J connectivity index is 0.000000585. The molecular formula is C35H26F3N7O6RuS2. The van der Waals surface area contributed by atoms with Crippen LogP contribution >= 0.6 is 24.0 Å². The molecule has 0 saturated carbocycles. The topological polar surface area (TPSA) is 200 Å². The van der Waals surface area contributed by atoms with Crippen molar-refractivity contribution < 1.29 is 61.2 Å². The van der Waals surface area contributed by atoms with Crippen molar-refractivity contribution in [3.05, 3.63) is 126 Å². The Bertz CT molecular complexity index is 1960. The first-order chi connectivity index (χ1) is 25.5. The van der Waals surface area contributed by atoms with Crippen LogP contribution in [0.4, 0.5) is 13.2 Å². The van der Waals surface area contributed by atoms with Gasteiger partial charge in [0.1, 0.15) is 5.71 Å².